The molecule has 5 nitrogen and oxygen atoms in total. The minimum absolute atomic E-state index is 0.0588. The molecule has 150 valence electrons. The Balaban J connectivity index is 1.99. The number of hydrogen-bond acceptors (Lipinski definition) is 4. The number of allylic oxidation sites excluding steroid dienone is 1. The van der Waals surface area contributed by atoms with Gasteiger partial charge in [0.2, 0.25) is 0 Å². The lowest BCUT2D eigenvalue weighted by molar-refractivity contribution is -0.185. The van der Waals surface area contributed by atoms with Crippen molar-refractivity contribution < 1.29 is 24.2 Å². The van der Waals surface area contributed by atoms with Crippen LogP contribution in [0.2, 0.25) is 0 Å². The van der Waals surface area contributed by atoms with Crippen LogP contribution in [0.3, 0.4) is 0 Å². The highest BCUT2D eigenvalue weighted by Crippen LogP contribution is 2.82. The first-order chi connectivity index (χ1) is 12.8. The van der Waals surface area contributed by atoms with Crippen LogP contribution in [0.4, 0.5) is 0 Å². The first-order valence-corrected chi connectivity index (χ1v) is 10.2. The third-order valence-electron chi connectivity index (χ3n) is 8.91. The van der Waals surface area contributed by atoms with Crippen LogP contribution in [0.1, 0.15) is 40.0 Å². The van der Waals surface area contributed by atoms with E-state index in [1.807, 2.05) is 0 Å². The quantitative estimate of drug-likeness (QED) is 0.569. The molecule has 0 saturated heterocycles. The number of ether oxygens (including phenoxy) is 2. The van der Waals surface area contributed by atoms with Crippen LogP contribution in [0.25, 0.3) is 0 Å². The summed E-state index contributed by atoms with van der Waals surface area (Å²) in [5.41, 5.74) is -1.60. The second-order valence-corrected chi connectivity index (χ2v) is 9.73. The zero-order chi connectivity index (χ0) is 19.8. The van der Waals surface area contributed by atoms with E-state index in [9.17, 15) is 14.7 Å². The summed E-state index contributed by atoms with van der Waals surface area (Å²) in [6.07, 6.45) is 5.52. The van der Waals surface area contributed by atoms with E-state index in [4.69, 9.17) is 9.47 Å². The number of aliphatic carboxylic acids is 1. The molecule has 0 aromatic carbocycles. The summed E-state index contributed by atoms with van der Waals surface area (Å²) in [5.74, 6) is 0.0296. The van der Waals surface area contributed by atoms with Gasteiger partial charge in [-0.3, -0.25) is 4.79 Å². The van der Waals surface area contributed by atoms with Gasteiger partial charge < -0.3 is 19.4 Å². The third-order valence-corrected chi connectivity index (χ3v) is 8.91. The van der Waals surface area contributed by atoms with Crippen molar-refractivity contribution >= 4 is 12.3 Å². The zero-order valence-electron chi connectivity index (χ0n) is 17.0. The topological polar surface area (TPSA) is 72.8 Å². The molecule has 27 heavy (non-hydrogen) atoms. The van der Waals surface area contributed by atoms with E-state index in [0.717, 1.165) is 24.7 Å². The van der Waals surface area contributed by atoms with Gasteiger partial charge in [0.15, 0.2) is 0 Å². The van der Waals surface area contributed by atoms with Crippen LogP contribution in [0.5, 0.6) is 0 Å². The monoisotopic (exact) mass is 376 g/mol. The van der Waals surface area contributed by atoms with Crippen molar-refractivity contribution in [2.24, 2.45) is 45.8 Å². The highest BCUT2D eigenvalue weighted by atomic mass is 16.5. The molecule has 4 aliphatic rings. The Morgan fingerprint density at radius 2 is 2.07 bits per heavy atom. The van der Waals surface area contributed by atoms with E-state index in [-0.39, 0.29) is 23.9 Å². The number of carbonyl (C=O) groups excluding carboxylic acids is 1. The molecule has 0 radical (unpaired) electrons. The van der Waals surface area contributed by atoms with Gasteiger partial charge in [-0.25, -0.2) is 0 Å². The molecule has 4 rings (SSSR count). The largest absolute Gasteiger partial charge is 0.481 e. The smallest absolute Gasteiger partial charge is 0.315 e. The van der Waals surface area contributed by atoms with Gasteiger partial charge in [-0.1, -0.05) is 32.4 Å². The first-order valence-electron chi connectivity index (χ1n) is 10.2. The Hall–Kier alpha value is -1.20. The van der Waals surface area contributed by atoms with Crippen molar-refractivity contribution in [3.05, 3.63) is 11.6 Å². The predicted molar refractivity (Wildman–Crippen MR) is 100 cm³/mol. The van der Waals surface area contributed by atoms with Gasteiger partial charge in [-0.2, -0.15) is 0 Å². The fraction of sp³-hybridized carbons (Fsp3) is 0.818. The van der Waals surface area contributed by atoms with E-state index in [2.05, 4.69) is 26.8 Å². The molecule has 8 atom stereocenters. The van der Waals surface area contributed by atoms with Crippen LogP contribution in [-0.4, -0.2) is 44.3 Å². The summed E-state index contributed by atoms with van der Waals surface area (Å²) >= 11 is 0. The summed E-state index contributed by atoms with van der Waals surface area (Å²) < 4.78 is 11.4. The van der Waals surface area contributed by atoms with Crippen molar-refractivity contribution in [2.75, 3.05) is 20.8 Å². The summed E-state index contributed by atoms with van der Waals surface area (Å²) in [4.78, 5) is 25.9. The van der Waals surface area contributed by atoms with Crippen LogP contribution in [0.15, 0.2) is 11.6 Å². The van der Waals surface area contributed by atoms with Gasteiger partial charge in [-0.15, -0.1) is 0 Å². The molecule has 0 aromatic rings. The SMILES string of the molecule is COC[C@@]12CC3C(C)C(OC)CC3[C@@]3(C=O)C[C@H]1C=C(C(C)C)[C@@]23C(=O)O. The van der Waals surface area contributed by atoms with Crippen LogP contribution in [-0.2, 0) is 19.1 Å². The fourth-order valence-electron chi connectivity index (χ4n) is 8.15. The lowest BCUT2D eigenvalue weighted by Crippen LogP contribution is -2.63. The molecule has 4 aliphatic carbocycles. The fourth-order valence-corrected chi connectivity index (χ4v) is 8.15. The standard InChI is InChI=1S/C22H32O5/c1-12(2)16-6-14-8-20(10-23)17-7-18(27-5)13(3)15(17)9-21(14,11-26-4)22(16,20)19(24)25/h6,10,12-15,17-18H,7-9,11H2,1-5H3,(H,24,25)/t13?,14-,15?,17?,18?,20+,21+,22+/m1/s1. The van der Waals surface area contributed by atoms with E-state index < -0.39 is 22.2 Å². The molecule has 3 saturated carbocycles. The summed E-state index contributed by atoms with van der Waals surface area (Å²) in [6, 6.07) is 0. The Bertz CT molecular complexity index is 699. The van der Waals surface area contributed by atoms with Crippen molar-refractivity contribution in [3.8, 4) is 0 Å². The number of hydrogen-bond donors (Lipinski definition) is 1. The number of fused-ring (bicyclic) bond motifs is 2. The lowest BCUT2D eigenvalue weighted by Gasteiger charge is -2.58. The normalized spacial score (nSPS) is 50.0. The minimum atomic E-state index is -1.15. The molecule has 3 fully saturated rings. The molecular weight excluding hydrogens is 344 g/mol. The molecule has 4 unspecified atom stereocenters. The van der Waals surface area contributed by atoms with Crippen molar-refractivity contribution in [1.82, 2.24) is 0 Å². The van der Waals surface area contributed by atoms with Gasteiger partial charge in [0.05, 0.1) is 18.1 Å². The van der Waals surface area contributed by atoms with Gasteiger partial charge >= 0.3 is 5.97 Å². The molecular formula is C22H32O5. The molecule has 0 amide bonds. The maximum Gasteiger partial charge on any atom is 0.315 e. The van der Waals surface area contributed by atoms with E-state index in [1.54, 1.807) is 14.2 Å². The van der Waals surface area contributed by atoms with Crippen LogP contribution < -0.4 is 0 Å². The summed E-state index contributed by atoms with van der Waals surface area (Å²) in [6.45, 7) is 6.70. The number of methoxy groups -OCH3 is 2. The maximum atomic E-state index is 13.1. The number of aldehydes is 1. The van der Waals surface area contributed by atoms with Gasteiger partial charge in [-0.05, 0) is 48.9 Å². The average Bonchev–Trinajstić information content (AvgIpc) is 3.16. The highest BCUT2D eigenvalue weighted by molar-refractivity contribution is 5.90. The molecule has 4 bridgehead atoms. The molecule has 0 aliphatic heterocycles. The van der Waals surface area contributed by atoms with E-state index >= 15 is 0 Å². The van der Waals surface area contributed by atoms with Crippen LogP contribution >= 0.6 is 0 Å². The minimum Gasteiger partial charge on any atom is -0.481 e. The van der Waals surface area contributed by atoms with Crippen molar-refractivity contribution in [1.29, 1.82) is 0 Å². The van der Waals surface area contributed by atoms with E-state index in [1.165, 1.54) is 0 Å². The number of carboxylic acid groups (broad SMARTS) is 1. The second kappa shape index (κ2) is 5.90. The van der Waals surface area contributed by atoms with Gasteiger partial charge in [0.25, 0.3) is 0 Å². The lowest BCUT2D eigenvalue weighted by atomic mass is 9.43. The third kappa shape index (κ3) is 1.84. The Morgan fingerprint density at radius 3 is 2.59 bits per heavy atom. The van der Waals surface area contributed by atoms with Crippen molar-refractivity contribution in [2.45, 2.75) is 46.1 Å². The Morgan fingerprint density at radius 1 is 1.37 bits per heavy atom. The number of carbonyl (C=O) groups is 2. The first kappa shape index (κ1) is 19.1. The number of rotatable bonds is 6. The van der Waals surface area contributed by atoms with E-state index in [0.29, 0.717) is 24.9 Å². The average molecular weight is 376 g/mol. The molecule has 5 heteroatoms. The van der Waals surface area contributed by atoms with Crippen molar-refractivity contribution in [3.63, 3.8) is 0 Å². The number of carboxylic acids is 1. The maximum absolute atomic E-state index is 13.1. The molecule has 0 spiro atoms. The predicted octanol–water partition coefficient (Wildman–Crippen LogP) is 3.18. The Kier molecular flexibility index (Phi) is 4.18. The highest BCUT2D eigenvalue weighted by Gasteiger charge is 2.84. The molecule has 0 heterocycles. The summed E-state index contributed by atoms with van der Waals surface area (Å²) in [5, 5.41) is 10.7. The van der Waals surface area contributed by atoms with Gasteiger partial charge in [0.1, 0.15) is 11.7 Å². The Labute approximate surface area is 161 Å². The molecule has 0 aromatic heterocycles. The zero-order valence-corrected chi connectivity index (χ0v) is 17.0. The summed E-state index contributed by atoms with van der Waals surface area (Å²) in [7, 11) is 3.38. The van der Waals surface area contributed by atoms with Gasteiger partial charge in [0, 0.05) is 19.6 Å². The molecule has 1 N–H and O–H groups in total. The van der Waals surface area contributed by atoms with Crippen LogP contribution in [0, 0.1) is 45.8 Å². The second-order valence-electron chi connectivity index (χ2n) is 9.73.